The zero-order valence-electron chi connectivity index (χ0n) is 12.9. The molecule has 0 bridgehead atoms. The van der Waals surface area contributed by atoms with E-state index in [-0.39, 0.29) is 5.91 Å². The molecule has 0 radical (unpaired) electrons. The Morgan fingerprint density at radius 3 is 2.57 bits per heavy atom. The largest absolute Gasteiger partial charge is 0.497 e. The number of benzene rings is 1. The van der Waals surface area contributed by atoms with Gasteiger partial charge < -0.3 is 14.9 Å². The Morgan fingerprint density at radius 1 is 1.22 bits per heavy atom. The first-order chi connectivity index (χ1) is 11.1. The van der Waals surface area contributed by atoms with Gasteiger partial charge >= 0.3 is 0 Å². The number of anilines is 1. The Balaban J connectivity index is 1.69. The first-order valence-corrected chi connectivity index (χ1v) is 7.22. The molecule has 1 aliphatic rings. The van der Waals surface area contributed by atoms with E-state index in [1.165, 1.54) is 0 Å². The molecule has 2 heterocycles. The summed E-state index contributed by atoms with van der Waals surface area (Å²) in [6.07, 6.45) is 3.63. The molecule has 0 saturated heterocycles. The number of carbonyl (C=O) groups excluding carboxylic acids is 1. The molecule has 0 aliphatic carbocycles. The van der Waals surface area contributed by atoms with E-state index in [2.05, 4.69) is 15.5 Å². The van der Waals surface area contributed by atoms with Crippen LogP contribution in [-0.2, 0) is 9.63 Å². The summed E-state index contributed by atoms with van der Waals surface area (Å²) in [7, 11) is 1.62. The van der Waals surface area contributed by atoms with Crippen molar-refractivity contribution in [2.45, 2.75) is 18.9 Å². The molecule has 2 aromatic rings. The molecule has 1 aliphatic heterocycles. The molecule has 0 fully saturated rings. The van der Waals surface area contributed by atoms with Crippen LogP contribution >= 0.6 is 0 Å². The number of carbonyl (C=O) groups is 1. The lowest BCUT2D eigenvalue weighted by Crippen LogP contribution is -2.40. The van der Waals surface area contributed by atoms with E-state index in [4.69, 9.17) is 9.57 Å². The third-order valence-corrected chi connectivity index (χ3v) is 3.70. The van der Waals surface area contributed by atoms with Crippen LogP contribution in [0, 0.1) is 0 Å². The molecule has 3 rings (SSSR count). The average molecular weight is 311 g/mol. The van der Waals surface area contributed by atoms with Gasteiger partial charge in [0, 0.05) is 24.5 Å². The summed E-state index contributed by atoms with van der Waals surface area (Å²) in [5.74, 6) is 0.530. The monoisotopic (exact) mass is 311 g/mol. The zero-order valence-corrected chi connectivity index (χ0v) is 12.9. The minimum absolute atomic E-state index is 0.240. The second-order valence-corrected chi connectivity index (χ2v) is 5.46. The molecule has 0 saturated carbocycles. The van der Waals surface area contributed by atoms with Crippen molar-refractivity contribution in [2.75, 3.05) is 12.4 Å². The van der Waals surface area contributed by atoms with Gasteiger partial charge in [-0.15, -0.1) is 0 Å². The summed E-state index contributed by atoms with van der Waals surface area (Å²) < 4.78 is 5.14. The van der Waals surface area contributed by atoms with Crippen LogP contribution < -0.4 is 10.1 Å². The highest BCUT2D eigenvalue weighted by Gasteiger charge is 2.42. The molecule has 0 spiro atoms. The fourth-order valence-electron chi connectivity index (χ4n) is 2.30. The maximum absolute atomic E-state index is 12.5. The number of amides is 1. The summed E-state index contributed by atoms with van der Waals surface area (Å²) in [6.45, 7) is 1.73. The van der Waals surface area contributed by atoms with Gasteiger partial charge in [0.2, 0.25) is 5.60 Å². The van der Waals surface area contributed by atoms with E-state index in [1.54, 1.807) is 38.6 Å². The summed E-state index contributed by atoms with van der Waals surface area (Å²) in [5.41, 5.74) is 1.29. The van der Waals surface area contributed by atoms with Crippen molar-refractivity contribution in [1.29, 1.82) is 0 Å². The Labute approximate surface area is 134 Å². The second kappa shape index (κ2) is 6.08. The maximum Gasteiger partial charge on any atom is 0.271 e. The predicted octanol–water partition coefficient (Wildman–Crippen LogP) is 2.61. The number of oxime groups is 1. The van der Waals surface area contributed by atoms with Crippen LogP contribution in [0.25, 0.3) is 0 Å². The van der Waals surface area contributed by atoms with E-state index in [0.717, 1.165) is 17.0 Å². The topological polar surface area (TPSA) is 72.8 Å². The minimum atomic E-state index is -1.03. The number of nitrogens with zero attached hydrogens (tertiary/aromatic N) is 2. The maximum atomic E-state index is 12.5. The number of rotatable bonds is 4. The standard InChI is InChI=1S/C17H17N3O3/c1-17(16(21)19-13-7-9-18-10-8-13)11-15(20-23-17)12-3-5-14(22-2)6-4-12/h3-10H,11H2,1-2H3,(H,18,19,21)/t17-/m0/s1. The van der Waals surface area contributed by atoms with Crippen LogP contribution in [0.4, 0.5) is 5.69 Å². The lowest BCUT2D eigenvalue weighted by molar-refractivity contribution is -0.135. The number of pyridine rings is 1. The van der Waals surface area contributed by atoms with E-state index in [9.17, 15) is 4.79 Å². The molecule has 0 unspecified atom stereocenters. The summed E-state index contributed by atoms with van der Waals surface area (Å²) in [6, 6.07) is 10.9. The average Bonchev–Trinajstić information content (AvgIpc) is 3.00. The zero-order chi connectivity index (χ0) is 16.3. The highest BCUT2D eigenvalue weighted by molar-refractivity contribution is 6.07. The smallest absolute Gasteiger partial charge is 0.271 e. The molecule has 6 heteroatoms. The van der Waals surface area contributed by atoms with E-state index in [1.807, 2.05) is 24.3 Å². The molecule has 1 N–H and O–H groups in total. The SMILES string of the molecule is COc1ccc(C2=NO[C@](C)(C(=O)Nc3ccncc3)C2)cc1. The molecule has 6 nitrogen and oxygen atoms in total. The summed E-state index contributed by atoms with van der Waals surface area (Å²) >= 11 is 0. The lowest BCUT2D eigenvalue weighted by atomic mass is 9.95. The number of aromatic nitrogens is 1. The highest BCUT2D eigenvalue weighted by Crippen LogP contribution is 2.28. The molecule has 1 aromatic heterocycles. The number of ether oxygens (including phenoxy) is 1. The molecule has 1 aromatic carbocycles. The van der Waals surface area contributed by atoms with Crippen LogP contribution in [0.15, 0.2) is 53.9 Å². The fraction of sp³-hybridized carbons (Fsp3) is 0.235. The van der Waals surface area contributed by atoms with Crippen LogP contribution in [0.1, 0.15) is 18.9 Å². The van der Waals surface area contributed by atoms with Gasteiger partial charge in [0.05, 0.1) is 12.8 Å². The predicted molar refractivity (Wildman–Crippen MR) is 86.5 cm³/mol. The number of hydrogen-bond acceptors (Lipinski definition) is 5. The molecule has 1 atom stereocenters. The Hall–Kier alpha value is -2.89. The number of methoxy groups -OCH3 is 1. The first kappa shape index (κ1) is 15.0. The van der Waals surface area contributed by atoms with Crippen molar-refractivity contribution >= 4 is 17.3 Å². The van der Waals surface area contributed by atoms with Gasteiger partial charge in [0.15, 0.2) is 0 Å². The van der Waals surface area contributed by atoms with E-state index < -0.39 is 5.60 Å². The van der Waals surface area contributed by atoms with Crippen molar-refractivity contribution in [3.63, 3.8) is 0 Å². The van der Waals surface area contributed by atoms with Crippen molar-refractivity contribution in [3.05, 3.63) is 54.4 Å². The first-order valence-electron chi connectivity index (χ1n) is 7.22. The molecular formula is C17H17N3O3. The van der Waals surface area contributed by atoms with Crippen LogP contribution in [0.3, 0.4) is 0 Å². The fourth-order valence-corrected chi connectivity index (χ4v) is 2.30. The van der Waals surface area contributed by atoms with Crippen molar-refractivity contribution < 1.29 is 14.4 Å². The number of hydrogen-bond donors (Lipinski definition) is 1. The Kier molecular flexibility index (Phi) is 3.97. The normalized spacial score (nSPS) is 19.7. The molecule has 23 heavy (non-hydrogen) atoms. The van der Waals surface area contributed by atoms with Gasteiger partial charge in [-0.05, 0) is 48.9 Å². The molecule has 118 valence electrons. The second-order valence-electron chi connectivity index (χ2n) is 5.46. The van der Waals surface area contributed by atoms with Gasteiger partial charge in [0.1, 0.15) is 5.75 Å². The molecule has 1 amide bonds. The van der Waals surface area contributed by atoms with Crippen molar-refractivity contribution in [3.8, 4) is 5.75 Å². The Bertz CT molecular complexity index is 729. The van der Waals surface area contributed by atoms with Crippen molar-refractivity contribution in [1.82, 2.24) is 4.98 Å². The van der Waals surface area contributed by atoms with Crippen LogP contribution in [-0.4, -0.2) is 29.3 Å². The highest BCUT2D eigenvalue weighted by atomic mass is 16.7. The third-order valence-electron chi connectivity index (χ3n) is 3.70. The lowest BCUT2D eigenvalue weighted by Gasteiger charge is -2.20. The minimum Gasteiger partial charge on any atom is -0.497 e. The van der Waals surface area contributed by atoms with E-state index in [0.29, 0.717) is 12.1 Å². The molecular weight excluding hydrogens is 294 g/mol. The van der Waals surface area contributed by atoms with Crippen LogP contribution in [0.2, 0.25) is 0 Å². The number of nitrogens with one attached hydrogen (secondary N) is 1. The van der Waals surface area contributed by atoms with Crippen LogP contribution in [0.5, 0.6) is 5.75 Å². The summed E-state index contributed by atoms with van der Waals surface area (Å²) in [5, 5.41) is 6.90. The quantitative estimate of drug-likeness (QED) is 0.942. The van der Waals surface area contributed by atoms with Gasteiger partial charge in [-0.3, -0.25) is 9.78 Å². The third kappa shape index (κ3) is 3.15. The Morgan fingerprint density at radius 2 is 1.91 bits per heavy atom. The van der Waals surface area contributed by atoms with E-state index >= 15 is 0 Å². The van der Waals surface area contributed by atoms with Gasteiger partial charge in [-0.1, -0.05) is 5.16 Å². The van der Waals surface area contributed by atoms with Gasteiger partial charge in [-0.2, -0.15) is 0 Å². The van der Waals surface area contributed by atoms with Crippen molar-refractivity contribution in [2.24, 2.45) is 5.16 Å². The summed E-state index contributed by atoms with van der Waals surface area (Å²) in [4.78, 5) is 21.8. The van der Waals surface area contributed by atoms with Gasteiger partial charge in [0.25, 0.3) is 5.91 Å². The van der Waals surface area contributed by atoms with Gasteiger partial charge in [-0.25, -0.2) is 0 Å².